The van der Waals surface area contributed by atoms with Crippen LogP contribution in [0.2, 0.25) is 0 Å². The highest BCUT2D eigenvalue weighted by atomic mass is 15.6. The van der Waals surface area contributed by atoms with Crippen LogP contribution in [0.15, 0.2) is 48.5 Å². The third-order valence-electron chi connectivity index (χ3n) is 2.96. The zero-order valence-corrected chi connectivity index (χ0v) is 10.5. The van der Waals surface area contributed by atoms with E-state index in [1.807, 2.05) is 55.5 Å². The van der Waals surface area contributed by atoms with Crippen molar-refractivity contribution in [2.45, 2.75) is 6.92 Å². The average Bonchev–Trinajstić information content (AvgIpc) is 2.92. The molecule has 0 amide bonds. The van der Waals surface area contributed by atoms with Crippen LogP contribution < -0.4 is 5.73 Å². The minimum atomic E-state index is 0.585. The molecule has 19 heavy (non-hydrogen) atoms. The molecule has 0 atom stereocenters. The third kappa shape index (κ3) is 2.06. The van der Waals surface area contributed by atoms with E-state index in [0.717, 1.165) is 16.8 Å². The fourth-order valence-electron chi connectivity index (χ4n) is 1.86. The van der Waals surface area contributed by atoms with E-state index in [2.05, 4.69) is 15.4 Å². The van der Waals surface area contributed by atoms with Crippen molar-refractivity contribution in [1.29, 1.82) is 0 Å². The van der Waals surface area contributed by atoms with Crippen molar-refractivity contribution < 1.29 is 0 Å². The normalized spacial score (nSPS) is 10.6. The first-order valence-corrected chi connectivity index (χ1v) is 5.96. The lowest BCUT2D eigenvalue weighted by Gasteiger charge is -2.05. The van der Waals surface area contributed by atoms with Gasteiger partial charge < -0.3 is 5.73 Å². The number of nitrogen functional groups attached to an aromatic ring is 1. The second kappa shape index (κ2) is 4.53. The Morgan fingerprint density at radius 1 is 1.00 bits per heavy atom. The van der Waals surface area contributed by atoms with Crippen LogP contribution in [-0.2, 0) is 0 Å². The van der Waals surface area contributed by atoms with Crippen molar-refractivity contribution in [1.82, 2.24) is 20.2 Å². The summed E-state index contributed by atoms with van der Waals surface area (Å²) in [5, 5.41) is 12.5. The predicted octanol–water partition coefficient (Wildman–Crippen LogP) is 2.22. The zero-order chi connectivity index (χ0) is 13.2. The lowest BCUT2D eigenvalue weighted by Crippen LogP contribution is -2.04. The minimum Gasteiger partial charge on any atom is -0.397 e. The maximum absolute atomic E-state index is 6.03. The number of rotatable bonds is 2. The molecule has 0 bridgehead atoms. The molecule has 3 rings (SSSR count). The largest absolute Gasteiger partial charge is 0.397 e. The highest BCUT2D eigenvalue weighted by molar-refractivity contribution is 5.62. The molecule has 94 valence electrons. The van der Waals surface area contributed by atoms with Gasteiger partial charge in [-0.2, -0.15) is 0 Å². The average molecular weight is 251 g/mol. The standard InChI is InChI=1S/C14H13N5/c1-10-6-5-9-12(13(10)15)19-17-14(16-18-19)11-7-3-2-4-8-11/h2-9H,15H2,1H3. The summed E-state index contributed by atoms with van der Waals surface area (Å²) in [4.78, 5) is 1.46. The van der Waals surface area contributed by atoms with Crippen LogP contribution in [-0.4, -0.2) is 20.2 Å². The number of benzene rings is 2. The quantitative estimate of drug-likeness (QED) is 0.709. The molecule has 0 radical (unpaired) electrons. The number of anilines is 1. The second-order valence-electron chi connectivity index (χ2n) is 4.28. The van der Waals surface area contributed by atoms with Gasteiger partial charge in [-0.1, -0.05) is 42.5 Å². The molecule has 5 nitrogen and oxygen atoms in total. The maximum Gasteiger partial charge on any atom is 0.205 e. The Morgan fingerprint density at radius 3 is 2.58 bits per heavy atom. The molecule has 0 aliphatic heterocycles. The van der Waals surface area contributed by atoms with E-state index in [0.29, 0.717) is 11.5 Å². The first-order chi connectivity index (χ1) is 9.25. The summed E-state index contributed by atoms with van der Waals surface area (Å²) < 4.78 is 0. The molecule has 2 N–H and O–H groups in total. The van der Waals surface area contributed by atoms with E-state index in [9.17, 15) is 0 Å². The van der Waals surface area contributed by atoms with Gasteiger partial charge in [0.25, 0.3) is 0 Å². The van der Waals surface area contributed by atoms with Gasteiger partial charge in [-0.05, 0) is 23.8 Å². The van der Waals surface area contributed by atoms with E-state index in [4.69, 9.17) is 5.73 Å². The number of nitrogens with zero attached hydrogens (tertiary/aromatic N) is 4. The number of aryl methyl sites for hydroxylation is 1. The van der Waals surface area contributed by atoms with Crippen molar-refractivity contribution in [2.75, 3.05) is 5.73 Å². The van der Waals surface area contributed by atoms with Gasteiger partial charge in [-0.25, -0.2) is 0 Å². The molecule has 1 aromatic heterocycles. The summed E-state index contributed by atoms with van der Waals surface area (Å²) in [6, 6.07) is 15.5. The monoisotopic (exact) mass is 251 g/mol. The van der Waals surface area contributed by atoms with Crippen molar-refractivity contribution in [2.24, 2.45) is 0 Å². The van der Waals surface area contributed by atoms with Gasteiger partial charge in [0.05, 0.1) is 5.69 Å². The van der Waals surface area contributed by atoms with E-state index < -0.39 is 0 Å². The van der Waals surface area contributed by atoms with Crippen LogP contribution in [0.25, 0.3) is 17.1 Å². The number of tetrazole rings is 1. The Balaban J connectivity index is 2.05. The zero-order valence-electron chi connectivity index (χ0n) is 10.5. The molecule has 2 aromatic carbocycles. The topological polar surface area (TPSA) is 69.6 Å². The molecule has 0 aliphatic carbocycles. The predicted molar refractivity (Wildman–Crippen MR) is 73.7 cm³/mol. The van der Waals surface area contributed by atoms with Gasteiger partial charge in [0, 0.05) is 5.56 Å². The smallest absolute Gasteiger partial charge is 0.205 e. The molecular weight excluding hydrogens is 238 g/mol. The van der Waals surface area contributed by atoms with Crippen LogP contribution in [0.5, 0.6) is 0 Å². The Morgan fingerprint density at radius 2 is 1.79 bits per heavy atom. The molecule has 0 saturated carbocycles. The van der Waals surface area contributed by atoms with Gasteiger partial charge in [0.15, 0.2) is 0 Å². The Kier molecular flexibility index (Phi) is 2.72. The summed E-state index contributed by atoms with van der Waals surface area (Å²) >= 11 is 0. The van der Waals surface area contributed by atoms with Gasteiger partial charge in [0.2, 0.25) is 5.82 Å². The lowest BCUT2D eigenvalue weighted by molar-refractivity contribution is 0.721. The fourth-order valence-corrected chi connectivity index (χ4v) is 1.86. The molecule has 0 aliphatic rings. The summed E-state index contributed by atoms with van der Waals surface area (Å²) in [5.74, 6) is 0.585. The number of hydrogen-bond donors (Lipinski definition) is 1. The number of aromatic nitrogens is 4. The van der Waals surface area contributed by atoms with Crippen molar-refractivity contribution in [3.05, 3.63) is 54.1 Å². The van der Waals surface area contributed by atoms with Crippen LogP contribution >= 0.6 is 0 Å². The summed E-state index contributed by atoms with van der Waals surface area (Å²) in [6.45, 7) is 1.95. The third-order valence-corrected chi connectivity index (χ3v) is 2.96. The van der Waals surface area contributed by atoms with Crippen molar-refractivity contribution in [3.8, 4) is 17.1 Å². The molecule has 1 heterocycles. The number of hydrogen-bond acceptors (Lipinski definition) is 4. The first-order valence-electron chi connectivity index (χ1n) is 5.96. The number of nitrogens with two attached hydrogens (primary N) is 1. The fraction of sp³-hybridized carbons (Fsp3) is 0.0714. The van der Waals surface area contributed by atoms with E-state index >= 15 is 0 Å². The summed E-state index contributed by atoms with van der Waals surface area (Å²) in [7, 11) is 0. The summed E-state index contributed by atoms with van der Waals surface area (Å²) in [6.07, 6.45) is 0. The van der Waals surface area contributed by atoms with Gasteiger partial charge in [-0.15, -0.1) is 15.0 Å². The highest BCUT2D eigenvalue weighted by Gasteiger charge is 2.09. The first kappa shape index (κ1) is 11.4. The molecule has 0 spiro atoms. The molecule has 5 heteroatoms. The van der Waals surface area contributed by atoms with Crippen molar-refractivity contribution in [3.63, 3.8) is 0 Å². The maximum atomic E-state index is 6.03. The minimum absolute atomic E-state index is 0.585. The number of para-hydroxylation sites is 1. The molecule has 0 unspecified atom stereocenters. The Bertz CT molecular complexity index is 703. The van der Waals surface area contributed by atoms with Crippen LogP contribution in [0.1, 0.15) is 5.56 Å². The van der Waals surface area contributed by atoms with Crippen molar-refractivity contribution >= 4 is 5.69 Å². The van der Waals surface area contributed by atoms with Crippen LogP contribution in [0.3, 0.4) is 0 Å². The van der Waals surface area contributed by atoms with Gasteiger partial charge in [0.1, 0.15) is 5.69 Å². The molecule has 3 aromatic rings. The molecule has 0 fully saturated rings. The summed E-state index contributed by atoms with van der Waals surface area (Å²) in [5.41, 5.74) is 9.37. The van der Waals surface area contributed by atoms with E-state index in [1.165, 1.54) is 4.80 Å². The highest BCUT2D eigenvalue weighted by Crippen LogP contribution is 2.20. The SMILES string of the molecule is Cc1cccc(-n2nnc(-c3ccccc3)n2)c1N. The second-order valence-corrected chi connectivity index (χ2v) is 4.28. The van der Waals surface area contributed by atoms with Gasteiger partial charge in [-0.3, -0.25) is 0 Å². The van der Waals surface area contributed by atoms with E-state index in [-0.39, 0.29) is 0 Å². The molecule has 0 saturated heterocycles. The van der Waals surface area contributed by atoms with E-state index in [1.54, 1.807) is 0 Å². The molecular formula is C14H13N5. The lowest BCUT2D eigenvalue weighted by atomic mass is 10.2. The Hall–Kier alpha value is -2.69. The Labute approximate surface area is 110 Å². The van der Waals surface area contributed by atoms with Crippen LogP contribution in [0.4, 0.5) is 5.69 Å². The van der Waals surface area contributed by atoms with Gasteiger partial charge >= 0.3 is 0 Å². The van der Waals surface area contributed by atoms with Crippen LogP contribution in [0, 0.1) is 6.92 Å².